The Morgan fingerprint density at radius 2 is 2.42 bits per heavy atom. The van der Waals surface area contributed by atoms with Crippen LogP contribution in [0.25, 0.3) is 0 Å². The van der Waals surface area contributed by atoms with Crippen LogP contribution < -0.4 is 0 Å². The maximum Gasteiger partial charge on any atom is 0.0644 e. The van der Waals surface area contributed by atoms with Gasteiger partial charge in [0.25, 0.3) is 0 Å². The van der Waals surface area contributed by atoms with Crippen LogP contribution in [0.3, 0.4) is 0 Å². The minimum atomic E-state index is 0.189. The average molecular weight is 170 g/mol. The van der Waals surface area contributed by atoms with Crippen LogP contribution in [0.2, 0.25) is 0 Å². The zero-order valence-electron chi connectivity index (χ0n) is 7.92. The van der Waals surface area contributed by atoms with Gasteiger partial charge in [0.05, 0.1) is 13.2 Å². The molecule has 1 atom stereocenters. The van der Waals surface area contributed by atoms with Gasteiger partial charge in [0.15, 0.2) is 0 Å². The summed E-state index contributed by atoms with van der Waals surface area (Å²) in [6.45, 7) is 6.11. The fraction of sp³-hybridized carbons (Fsp3) is 0.800. The summed E-state index contributed by atoms with van der Waals surface area (Å²) in [5, 5.41) is 9.05. The van der Waals surface area contributed by atoms with E-state index in [-0.39, 0.29) is 6.61 Å². The van der Waals surface area contributed by atoms with Gasteiger partial charge < -0.3 is 9.84 Å². The molecule has 0 aliphatic carbocycles. The second-order valence-corrected chi connectivity index (χ2v) is 3.68. The standard InChI is InChI=1S/C10H18O2/c1-8(2)10(6-11)5-9-3-4-12-7-9/h5,8-9,11H,3-4,6-7H2,1-2H3. The third-order valence-electron chi connectivity index (χ3n) is 2.34. The van der Waals surface area contributed by atoms with Crippen LogP contribution in [0.1, 0.15) is 20.3 Å². The topological polar surface area (TPSA) is 29.5 Å². The van der Waals surface area contributed by atoms with Gasteiger partial charge in [-0.2, -0.15) is 0 Å². The summed E-state index contributed by atoms with van der Waals surface area (Å²) in [4.78, 5) is 0. The second-order valence-electron chi connectivity index (χ2n) is 3.68. The average Bonchev–Trinajstić information content (AvgIpc) is 2.51. The highest BCUT2D eigenvalue weighted by Crippen LogP contribution is 2.18. The third kappa shape index (κ3) is 2.61. The summed E-state index contributed by atoms with van der Waals surface area (Å²) in [5.41, 5.74) is 1.14. The van der Waals surface area contributed by atoms with Crippen molar-refractivity contribution >= 4 is 0 Å². The van der Waals surface area contributed by atoms with Crippen LogP contribution in [-0.2, 0) is 4.74 Å². The van der Waals surface area contributed by atoms with E-state index in [9.17, 15) is 0 Å². The number of hydrogen-bond donors (Lipinski definition) is 1. The second kappa shape index (κ2) is 4.63. The number of hydrogen-bond acceptors (Lipinski definition) is 2. The van der Waals surface area contributed by atoms with Crippen LogP contribution in [0.4, 0.5) is 0 Å². The van der Waals surface area contributed by atoms with Gasteiger partial charge in [0.2, 0.25) is 0 Å². The molecule has 0 spiro atoms. The summed E-state index contributed by atoms with van der Waals surface area (Å²) in [6, 6.07) is 0. The molecule has 0 bridgehead atoms. The molecule has 1 unspecified atom stereocenters. The van der Waals surface area contributed by atoms with E-state index in [0.29, 0.717) is 11.8 Å². The molecule has 1 heterocycles. The Morgan fingerprint density at radius 1 is 1.67 bits per heavy atom. The molecule has 1 aliphatic rings. The molecule has 1 rings (SSSR count). The Hall–Kier alpha value is -0.340. The molecule has 2 heteroatoms. The van der Waals surface area contributed by atoms with Gasteiger partial charge in [-0.15, -0.1) is 0 Å². The third-order valence-corrected chi connectivity index (χ3v) is 2.34. The van der Waals surface area contributed by atoms with Crippen LogP contribution in [0.15, 0.2) is 11.6 Å². The highest BCUT2D eigenvalue weighted by Gasteiger charge is 2.14. The van der Waals surface area contributed by atoms with Gasteiger partial charge in [-0.1, -0.05) is 19.9 Å². The molecule has 1 N–H and O–H groups in total. The molecule has 12 heavy (non-hydrogen) atoms. The molecule has 1 saturated heterocycles. The Morgan fingerprint density at radius 3 is 2.83 bits per heavy atom. The Labute approximate surface area is 74.2 Å². The van der Waals surface area contributed by atoms with E-state index in [4.69, 9.17) is 9.84 Å². The summed E-state index contributed by atoms with van der Waals surface area (Å²) in [7, 11) is 0. The molecule has 70 valence electrons. The lowest BCUT2D eigenvalue weighted by molar-refractivity contribution is 0.191. The number of rotatable bonds is 3. The molecule has 0 aromatic carbocycles. The normalized spacial score (nSPS) is 25.3. The molecule has 1 fully saturated rings. The van der Waals surface area contributed by atoms with E-state index in [2.05, 4.69) is 19.9 Å². The lowest BCUT2D eigenvalue weighted by atomic mass is 9.98. The van der Waals surface area contributed by atoms with E-state index in [0.717, 1.165) is 25.2 Å². The molecular weight excluding hydrogens is 152 g/mol. The largest absolute Gasteiger partial charge is 0.392 e. The van der Waals surface area contributed by atoms with Crippen molar-refractivity contribution in [1.82, 2.24) is 0 Å². The van der Waals surface area contributed by atoms with E-state index >= 15 is 0 Å². The molecule has 0 saturated carbocycles. The molecular formula is C10H18O2. The molecule has 0 aromatic heterocycles. The Kier molecular flexibility index (Phi) is 3.76. The van der Waals surface area contributed by atoms with Crippen molar-refractivity contribution in [3.8, 4) is 0 Å². The van der Waals surface area contributed by atoms with Gasteiger partial charge in [-0.3, -0.25) is 0 Å². The lowest BCUT2D eigenvalue weighted by Gasteiger charge is -2.10. The first-order valence-electron chi connectivity index (χ1n) is 4.63. The van der Waals surface area contributed by atoms with Crippen LogP contribution in [0.5, 0.6) is 0 Å². The summed E-state index contributed by atoms with van der Waals surface area (Å²) in [6.07, 6.45) is 3.29. The molecule has 0 radical (unpaired) electrons. The summed E-state index contributed by atoms with van der Waals surface area (Å²) >= 11 is 0. The van der Waals surface area contributed by atoms with Gasteiger partial charge >= 0.3 is 0 Å². The Bertz CT molecular complexity index is 155. The quantitative estimate of drug-likeness (QED) is 0.652. The van der Waals surface area contributed by atoms with Crippen molar-refractivity contribution in [2.24, 2.45) is 11.8 Å². The molecule has 0 amide bonds. The first kappa shape index (κ1) is 9.75. The smallest absolute Gasteiger partial charge is 0.0644 e. The fourth-order valence-electron chi connectivity index (χ4n) is 1.41. The first-order valence-corrected chi connectivity index (χ1v) is 4.63. The monoisotopic (exact) mass is 170 g/mol. The van der Waals surface area contributed by atoms with Crippen LogP contribution in [0, 0.1) is 11.8 Å². The summed E-state index contributed by atoms with van der Waals surface area (Å²) < 4.78 is 5.26. The zero-order valence-corrected chi connectivity index (χ0v) is 7.92. The van der Waals surface area contributed by atoms with Gasteiger partial charge in [0.1, 0.15) is 0 Å². The minimum Gasteiger partial charge on any atom is -0.392 e. The maximum absolute atomic E-state index is 9.05. The van der Waals surface area contributed by atoms with Gasteiger partial charge in [-0.05, 0) is 17.9 Å². The number of aliphatic hydroxyl groups excluding tert-OH is 1. The van der Waals surface area contributed by atoms with Gasteiger partial charge in [0, 0.05) is 12.5 Å². The number of ether oxygens (including phenoxy) is 1. The minimum absolute atomic E-state index is 0.189. The zero-order chi connectivity index (χ0) is 8.97. The van der Waals surface area contributed by atoms with Crippen molar-refractivity contribution in [3.05, 3.63) is 11.6 Å². The SMILES string of the molecule is CC(C)C(=CC1CCOC1)CO. The van der Waals surface area contributed by atoms with E-state index in [1.807, 2.05) is 0 Å². The van der Waals surface area contributed by atoms with E-state index in [1.165, 1.54) is 0 Å². The summed E-state index contributed by atoms with van der Waals surface area (Å²) in [5.74, 6) is 0.991. The fourth-order valence-corrected chi connectivity index (χ4v) is 1.41. The molecule has 1 aliphatic heterocycles. The van der Waals surface area contributed by atoms with E-state index in [1.54, 1.807) is 0 Å². The van der Waals surface area contributed by atoms with E-state index < -0.39 is 0 Å². The van der Waals surface area contributed by atoms with Crippen molar-refractivity contribution in [2.45, 2.75) is 20.3 Å². The van der Waals surface area contributed by atoms with Crippen molar-refractivity contribution < 1.29 is 9.84 Å². The van der Waals surface area contributed by atoms with Crippen molar-refractivity contribution in [1.29, 1.82) is 0 Å². The maximum atomic E-state index is 9.05. The lowest BCUT2D eigenvalue weighted by Crippen LogP contribution is -2.04. The highest BCUT2D eigenvalue weighted by atomic mass is 16.5. The van der Waals surface area contributed by atoms with Crippen molar-refractivity contribution in [2.75, 3.05) is 19.8 Å². The van der Waals surface area contributed by atoms with Crippen LogP contribution in [-0.4, -0.2) is 24.9 Å². The highest BCUT2D eigenvalue weighted by molar-refractivity contribution is 5.07. The predicted molar refractivity (Wildman–Crippen MR) is 48.9 cm³/mol. The van der Waals surface area contributed by atoms with Crippen LogP contribution >= 0.6 is 0 Å². The molecule has 0 aromatic rings. The van der Waals surface area contributed by atoms with Crippen molar-refractivity contribution in [3.63, 3.8) is 0 Å². The molecule has 2 nitrogen and oxygen atoms in total. The Balaban J connectivity index is 2.50. The first-order chi connectivity index (χ1) is 5.74. The van der Waals surface area contributed by atoms with Gasteiger partial charge in [-0.25, -0.2) is 0 Å². The number of aliphatic hydroxyl groups is 1. The predicted octanol–water partition coefficient (Wildman–Crippen LogP) is 1.60.